The zero-order chi connectivity index (χ0) is 27.2. The second-order valence-electron chi connectivity index (χ2n) is 8.94. The summed E-state index contributed by atoms with van der Waals surface area (Å²) >= 11 is 0. The summed E-state index contributed by atoms with van der Waals surface area (Å²) in [5, 5.41) is 2.81. The number of amides is 2. The summed E-state index contributed by atoms with van der Waals surface area (Å²) in [5.74, 6) is 1.32. The number of aliphatic imine (C=N–C) groups is 1. The molecule has 0 radical (unpaired) electrons. The molecule has 1 N–H and O–H groups in total. The molecule has 0 fully saturated rings. The third-order valence-electron chi connectivity index (χ3n) is 6.11. The highest BCUT2D eigenvalue weighted by Gasteiger charge is 2.32. The van der Waals surface area contributed by atoms with Crippen molar-refractivity contribution in [3.8, 4) is 11.5 Å². The number of aryl methyl sites for hydroxylation is 1. The summed E-state index contributed by atoms with van der Waals surface area (Å²) in [6.07, 6.45) is 1.74. The maximum Gasteiger partial charge on any atom is 0.282 e. The van der Waals surface area contributed by atoms with Crippen molar-refractivity contribution in [3.05, 3.63) is 126 Å². The minimum Gasteiger partial charge on any atom is -0.497 e. The number of rotatable bonds is 8. The molecule has 5 rings (SSSR count). The standard InChI is InChI=1S/C32H27N3O4/c1-22-8-12-25(13-9-22)33-30(36)21-39-28-16-10-23(11-17-28)20-29-32(37)35(26-14-18-27(38-2)19-15-26)31(34-29)24-6-4-3-5-7-24/h3-20H,21H2,1-2H3,(H,33,36)/b29-20-. The van der Waals surface area contributed by atoms with E-state index in [0.29, 0.717) is 28.7 Å². The fraction of sp³-hybridized carbons (Fsp3) is 0.0938. The van der Waals surface area contributed by atoms with Crippen LogP contribution < -0.4 is 19.7 Å². The number of methoxy groups -OCH3 is 1. The number of carbonyl (C=O) groups is 2. The Labute approximate surface area is 227 Å². The lowest BCUT2D eigenvalue weighted by molar-refractivity contribution is -0.118. The van der Waals surface area contributed by atoms with E-state index in [1.165, 1.54) is 0 Å². The SMILES string of the molecule is COc1ccc(N2C(=O)/C(=C/c3ccc(OCC(=O)Nc4ccc(C)cc4)cc3)N=C2c2ccccc2)cc1. The molecular formula is C32H27N3O4. The van der Waals surface area contributed by atoms with Crippen LogP contribution in [0.5, 0.6) is 11.5 Å². The van der Waals surface area contributed by atoms with Gasteiger partial charge in [-0.25, -0.2) is 4.99 Å². The van der Waals surface area contributed by atoms with Gasteiger partial charge in [0.2, 0.25) is 0 Å². The predicted molar refractivity (Wildman–Crippen MR) is 153 cm³/mol. The summed E-state index contributed by atoms with van der Waals surface area (Å²) in [4.78, 5) is 32.0. The molecule has 4 aromatic rings. The maximum atomic E-state index is 13.5. The van der Waals surface area contributed by atoms with Crippen molar-refractivity contribution in [2.24, 2.45) is 4.99 Å². The Balaban J connectivity index is 1.31. The molecule has 194 valence electrons. The lowest BCUT2D eigenvalue weighted by Crippen LogP contribution is -2.32. The summed E-state index contributed by atoms with van der Waals surface area (Å²) in [7, 11) is 1.60. The van der Waals surface area contributed by atoms with Crippen LogP contribution in [0.1, 0.15) is 16.7 Å². The van der Waals surface area contributed by atoms with E-state index < -0.39 is 0 Å². The molecule has 7 heteroatoms. The number of nitrogens with zero attached hydrogens (tertiary/aromatic N) is 2. The number of carbonyl (C=O) groups excluding carboxylic acids is 2. The molecule has 0 aromatic heterocycles. The van der Waals surface area contributed by atoms with Gasteiger partial charge in [-0.15, -0.1) is 0 Å². The molecule has 1 aliphatic rings. The zero-order valence-electron chi connectivity index (χ0n) is 21.6. The monoisotopic (exact) mass is 517 g/mol. The van der Waals surface area contributed by atoms with Crippen molar-refractivity contribution < 1.29 is 19.1 Å². The molecule has 0 spiro atoms. The van der Waals surface area contributed by atoms with E-state index in [4.69, 9.17) is 14.5 Å². The minimum absolute atomic E-state index is 0.117. The molecule has 2 amide bonds. The van der Waals surface area contributed by atoms with E-state index in [0.717, 1.165) is 22.4 Å². The summed E-state index contributed by atoms with van der Waals surface area (Å²) in [6, 6.07) is 31.6. The van der Waals surface area contributed by atoms with Crippen LogP contribution in [0.3, 0.4) is 0 Å². The number of nitrogens with one attached hydrogen (secondary N) is 1. The maximum absolute atomic E-state index is 13.5. The van der Waals surface area contributed by atoms with Crippen molar-refractivity contribution >= 4 is 35.1 Å². The number of benzene rings is 4. The molecule has 4 aromatic carbocycles. The second kappa shape index (κ2) is 11.5. The second-order valence-corrected chi connectivity index (χ2v) is 8.94. The Bertz CT molecular complexity index is 1530. The number of hydrogen-bond acceptors (Lipinski definition) is 5. The molecule has 0 saturated heterocycles. The number of hydrogen-bond donors (Lipinski definition) is 1. The van der Waals surface area contributed by atoms with Gasteiger partial charge in [0, 0.05) is 11.3 Å². The lowest BCUT2D eigenvalue weighted by Gasteiger charge is -2.18. The van der Waals surface area contributed by atoms with Crippen molar-refractivity contribution in [1.29, 1.82) is 0 Å². The van der Waals surface area contributed by atoms with Crippen molar-refractivity contribution in [1.82, 2.24) is 0 Å². The topological polar surface area (TPSA) is 80.2 Å². The Morgan fingerprint density at radius 3 is 2.21 bits per heavy atom. The highest BCUT2D eigenvalue weighted by atomic mass is 16.5. The van der Waals surface area contributed by atoms with Crippen LogP contribution in [0.4, 0.5) is 11.4 Å². The van der Waals surface area contributed by atoms with Gasteiger partial charge >= 0.3 is 0 Å². The van der Waals surface area contributed by atoms with Gasteiger partial charge in [-0.1, -0.05) is 60.2 Å². The minimum atomic E-state index is -0.247. The first kappa shape index (κ1) is 25.5. The zero-order valence-corrected chi connectivity index (χ0v) is 21.6. The highest BCUT2D eigenvalue weighted by Crippen LogP contribution is 2.29. The van der Waals surface area contributed by atoms with Crippen LogP contribution in [0.25, 0.3) is 6.08 Å². The third kappa shape index (κ3) is 6.05. The molecule has 1 aliphatic heterocycles. The van der Waals surface area contributed by atoms with Crippen LogP contribution in [0.2, 0.25) is 0 Å². The van der Waals surface area contributed by atoms with Gasteiger partial charge in [-0.2, -0.15) is 0 Å². The van der Waals surface area contributed by atoms with E-state index in [-0.39, 0.29) is 18.4 Å². The molecule has 7 nitrogen and oxygen atoms in total. The van der Waals surface area contributed by atoms with E-state index in [2.05, 4.69) is 5.32 Å². The Morgan fingerprint density at radius 2 is 1.54 bits per heavy atom. The van der Waals surface area contributed by atoms with E-state index in [1.807, 2.05) is 97.9 Å². The van der Waals surface area contributed by atoms with Crippen molar-refractivity contribution in [2.75, 3.05) is 23.9 Å². The van der Waals surface area contributed by atoms with E-state index >= 15 is 0 Å². The first-order chi connectivity index (χ1) is 19.0. The molecule has 0 unspecified atom stereocenters. The Hall–Kier alpha value is -5.17. The third-order valence-corrected chi connectivity index (χ3v) is 6.11. The number of amidine groups is 1. The first-order valence-corrected chi connectivity index (χ1v) is 12.4. The summed E-state index contributed by atoms with van der Waals surface area (Å²) in [5.41, 5.74) is 4.46. The number of ether oxygens (including phenoxy) is 2. The fourth-order valence-corrected chi connectivity index (χ4v) is 4.07. The number of anilines is 2. The van der Waals surface area contributed by atoms with Crippen LogP contribution in [0, 0.1) is 6.92 Å². The average molecular weight is 518 g/mol. The van der Waals surface area contributed by atoms with E-state index in [9.17, 15) is 9.59 Å². The van der Waals surface area contributed by atoms with Gasteiger partial charge in [0.15, 0.2) is 6.61 Å². The molecule has 0 bridgehead atoms. The molecule has 1 heterocycles. The van der Waals surface area contributed by atoms with Gasteiger partial charge in [-0.05, 0) is 67.1 Å². The summed E-state index contributed by atoms with van der Waals surface area (Å²) < 4.78 is 10.9. The van der Waals surface area contributed by atoms with Gasteiger partial charge in [0.1, 0.15) is 23.0 Å². The quantitative estimate of drug-likeness (QED) is 0.297. The average Bonchev–Trinajstić information content (AvgIpc) is 3.30. The Kier molecular flexibility index (Phi) is 7.50. The lowest BCUT2D eigenvalue weighted by atomic mass is 10.1. The predicted octanol–water partition coefficient (Wildman–Crippen LogP) is 5.86. The van der Waals surface area contributed by atoms with Crippen LogP contribution in [0.15, 0.2) is 114 Å². The molecular weight excluding hydrogens is 490 g/mol. The normalized spacial score (nSPS) is 13.8. The van der Waals surface area contributed by atoms with E-state index in [1.54, 1.807) is 30.2 Å². The van der Waals surface area contributed by atoms with Gasteiger partial charge < -0.3 is 14.8 Å². The first-order valence-electron chi connectivity index (χ1n) is 12.4. The smallest absolute Gasteiger partial charge is 0.282 e. The van der Waals surface area contributed by atoms with Crippen LogP contribution in [-0.4, -0.2) is 31.4 Å². The largest absolute Gasteiger partial charge is 0.497 e. The summed E-state index contributed by atoms with van der Waals surface area (Å²) in [6.45, 7) is 1.87. The van der Waals surface area contributed by atoms with Gasteiger partial charge in [-0.3, -0.25) is 14.5 Å². The molecule has 0 atom stereocenters. The van der Waals surface area contributed by atoms with Gasteiger partial charge in [0.05, 0.1) is 12.8 Å². The van der Waals surface area contributed by atoms with Crippen molar-refractivity contribution in [2.45, 2.75) is 6.92 Å². The van der Waals surface area contributed by atoms with Crippen molar-refractivity contribution in [3.63, 3.8) is 0 Å². The van der Waals surface area contributed by atoms with Crippen LogP contribution in [-0.2, 0) is 9.59 Å². The molecule has 0 saturated carbocycles. The molecule has 39 heavy (non-hydrogen) atoms. The fourth-order valence-electron chi connectivity index (χ4n) is 4.07. The molecule has 0 aliphatic carbocycles. The van der Waals surface area contributed by atoms with Crippen LogP contribution >= 0.6 is 0 Å². The van der Waals surface area contributed by atoms with Gasteiger partial charge in [0.25, 0.3) is 11.8 Å². The Morgan fingerprint density at radius 1 is 0.872 bits per heavy atom. The highest BCUT2D eigenvalue weighted by molar-refractivity contribution is 6.33.